The SMILES string of the molecule is CC1NC(=O)/C(N)=C/N(N)c2ccc(Cl)cc2-c2cc(ncn2)O1. The molecular weight excluding hydrogens is 332 g/mol. The molecular formula is C15H15ClN6O2. The maximum atomic E-state index is 12.1. The van der Waals surface area contributed by atoms with Crippen LogP contribution in [-0.2, 0) is 4.79 Å². The van der Waals surface area contributed by atoms with Gasteiger partial charge in [-0.05, 0) is 25.1 Å². The van der Waals surface area contributed by atoms with E-state index in [0.717, 1.165) is 0 Å². The molecule has 1 aliphatic rings. The van der Waals surface area contributed by atoms with Crippen molar-refractivity contribution in [3.63, 3.8) is 0 Å². The molecule has 1 aromatic carbocycles. The van der Waals surface area contributed by atoms with Crippen LogP contribution in [0.5, 0.6) is 5.88 Å². The molecule has 1 aliphatic heterocycles. The Kier molecular flexibility index (Phi) is 4.24. The quantitative estimate of drug-likeness (QED) is 0.612. The number of nitrogens with one attached hydrogen (secondary N) is 1. The standard InChI is InChI=1S/C15H15ClN6O2/c1-8-21-15(23)11(17)6-22(18)13-3-2-9(16)4-10(13)12-5-14(24-8)20-7-19-12/h2-8H,17-18H2,1H3,(H,21,23)/b11-6-. The molecule has 2 heterocycles. The monoisotopic (exact) mass is 346 g/mol. The third-order valence-corrected chi connectivity index (χ3v) is 3.56. The molecule has 0 saturated carbocycles. The predicted molar refractivity (Wildman–Crippen MR) is 89.6 cm³/mol. The molecule has 5 N–H and O–H groups in total. The molecule has 1 aromatic heterocycles. The van der Waals surface area contributed by atoms with Crippen LogP contribution in [0.1, 0.15) is 6.92 Å². The van der Waals surface area contributed by atoms with Gasteiger partial charge < -0.3 is 15.8 Å². The van der Waals surface area contributed by atoms with E-state index in [1.54, 1.807) is 31.2 Å². The van der Waals surface area contributed by atoms with Gasteiger partial charge >= 0.3 is 0 Å². The highest BCUT2D eigenvalue weighted by Crippen LogP contribution is 2.32. The van der Waals surface area contributed by atoms with E-state index in [-0.39, 0.29) is 5.70 Å². The normalized spacial score (nSPS) is 19.8. The van der Waals surface area contributed by atoms with E-state index in [0.29, 0.717) is 27.8 Å². The van der Waals surface area contributed by atoms with Crippen LogP contribution in [0.2, 0.25) is 5.02 Å². The van der Waals surface area contributed by atoms with Crippen molar-refractivity contribution in [2.75, 3.05) is 5.01 Å². The fraction of sp³-hybridized carbons (Fsp3) is 0.133. The number of hydrogen-bond acceptors (Lipinski definition) is 7. The molecule has 3 rings (SSSR count). The first kappa shape index (κ1) is 16.0. The molecule has 0 saturated heterocycles. The van der Waals surface area contributed by atoms with Crippen molar-refractivity contribution < 1.29 is 9.53 Å². The fourth-order valence-electron chi connectivity index (χ4n) is 2.25. The highest BCUT2D eigenvalue weighted by atomic mass is 35.5. The number of fused-ring (bicyclic) bond motifs is 4. The number of nitrogens with zero attached hydrogens (tertiary/aromatic N) is 3. The molecule has 2 aromatic rings. The summed E-state index contributed by atoms with van der Waals surface area (Å²) in [5.41, 5.74) is 7.49. The number of ether oxygens (including phenoxy) is 1. The number of benzene rings is 1. The van der Waals surface area contributed by atoms with Crippen molar-refractivity contribution in [3.05, 3.63) is 47.5 Å². The number of rotatable bonds is 0. The minimum absolute atomic E-state index is 0.0704. The molecule has 0 aliphatic carbocycles. The van der Waals surface area contributed by atoms with Gasteiger partial charge in [-0.25, -0.2) is 15.8 Å². The lowest BCUT2D eigenvalue weighted by Crippen LogP contribution is -2.40. The van der Waals surface area contributed by atoms with Crippen LogP contribution >= 0.6 is 11.6 Å². The Labute approximate surface area is 143 Å². The summed E-state index contributed by atoms with van der Waals surface area (Å²) in [6.45, 7) is 1.66. The minimum Gasteiger partial charge on any atom is -0.454 e. The summed E-state index contributed by atoms with van der Waals surface area (Å²) in [4.78, 5) is 20.3. The van der Waals surface area contributed by atoms with E-state index in [9.17, 15) is 4.79 Å². The first-order valence-corrected chi connectivity index (χ1v) is 7.42. The summed E-state index contributed by atoms with van der Waals surface area (Å²) in [7, 11) is 0. The van der Waals surface area contributed by atoms with E-state index in [2.05, 4.69) is 15.3 Å². The second-order valence-electron chi connectivity index (χ2n) is 5.13. The minimum atomic E-state index is -0.642. The van der Waals surface area contributed by atoms with Gasteiger partial charge in [0.2, 0.25) is 5.88 Å². The number of halogens is 1. The van der Waals surface area contributed by atoms with Crippen molar-refractivity contribution in [3.8, 4) is 17.1 Å². The number of carbonyl (C=O) groups excluding carboxylic acids is 1. The Morgan fingerprint density at radius 1 is 1.33 bits per heavy atom. The maximum Gasteiger partial charge on any atom is 0.271 e. The molecule has 1 amide bonds. The summed E-state index contributed by atoms with van der Waals surface area (Å²) >= 11 is 6.10. The van der Waals surface area contributed by atoms with Gasteiger partial charge in [-0.2, -0.15) is 0 Å². The maximum absolute atomic E-state index is 12.1. The zero-order valence-corrected chi connectivity index (χ0v) is 13.5. The average Bonchev–Trinajstić information content (AvgIpc) is 2.53. The number of nitrogens with two attached hydrogens (primary N) is 2. The second-order valence-corrected chi connectivity index (χ2v) is 5.56. The van der Waals surface area contributed by atoms with Crippen molar-refractivity contribution in [2.45, 2.75) is 13.2 Å². The van der Waals surface area contributed by atoms with Gasteiger partial charge in [0.1, 0.15) is 12.0 Å². The molecule has 0 spiro atoms. The second kappa shape index (κ2) is 6.34. The fourth-order valence-corrected chi connectivity index (χ4v) is 2.42. The van der Waals surface area contributed by atoms with E-state index in [1.165, 1.54) is 17.5 Å². The van der Waals surface area contributed by atoms with E-state index >= 15 is 0 Å². The highest BCUT2D eigenvalue weighted by Gasteiger charge is 2.17. The third-order valence-electron chi connectivity index (χ3n) is 3.33. The van der Waals surface area contributed by atoms with Gasteiger partial charge in [-0.1, -0.05) is 11.6 Å². The Bertz CT molecular complexity index is 825. The van der Waals surface area contributed by atoms with Crippen LogP contribution in [0.25, 0.3) is 11.3 Å². The number of amides is 1. The first-order valence-electron chi connectivity index (χ1n) is 7.05. The van der Waals surface area contributed by atoms with Gasteiger partial charge in [-0.3, -0.25) is 9.80 Å². The third kappa shape index (κ3) is 3.24. The summed E-state index contributed by atoms with van der Waals surface area (Å²) in [5.74, 6) is 5.83. The number of aromatic nitrogens is 2. The number of hydrogen-bond donors (Lipinski definition) is 3. The molecule has 8 nitrogen and oxygen atoms in total. The summed E-state index contributed by atoms with van der Waals surface area (Å²) < 4.78 is 5.57. The number of anilines is 1. The van der Waals surface area contributed by atoms with Crippen LogP contribution in [0, 0.1) is 0 Å². The van der Waals surface area contributed by atoms with Gasteiger partial charge in [-0.15, -0.1) is 0 Å². The van der Waals surface area contributed by atoms with Crippen LogP contribution in [0.4, 0.5) is 5.69 Å². The topological polar surface area (TPSA) is 119 Å². The lowest BCUT2D eigenvalue weighted by Gasteiger charge is -2.21. The smallest absolute Gasteiger partial charge is 0.271 e. The van der Waals surface area contributed by atoms with Crippen LogP contribution in [0.3, 0.4) is 0 Å². The summed E-state index contributed by atoms with van der Waals surface area (Å²) in [5, 5.41) is 4.35. The van der Waals surface area contributed by atoms with E-state index < -0.39 is 12.1 Å². The molecule has 0 fully saturated rings. The van der Waals surface area contributed by atoms with Crippen LogP contribution < -0.4 is 26.6 Å². The summed E-state index contributed by atoms with van der Waals surface area (Å²) in [6.07, 6.45) is 2.04. The molecule has 1 unspecified atom stereocenters. The predicted octanol–water partition coefficient (Wildman–Crippen LogP) is 1.13. The summed E-state index contributed by atoms with van der Waals surface area (Å²) in [6, 6.07) is 6.73. The van der Waals surface area contributed by atoms with Crippen molar-refractivity contribution >= 4 is 23.2 Å². The van der Waals surface area contributed by atoms with Gasteiger partial charge in [0.05, 0.1) is 17.6 Å². The van der Waals surface area contributed by atoms with Crippen LogP contribution in [-0.4, -0.2) is 22.1 Å². The van der Waals surface area contributed by atoms with Gasteiger partial charge in [0, 0.05) is 16.7 Å². The van der Waals surface area contributed by atoms with E-state index in [4.69, 9.17) is 27.9 Å². The first-order chi connectivity index (χ1) is 11.4. The van der Waals surface area contributed by atoms with Gasteiger partial charge in [0.25, 0.3) is 5.91 Å². The van der Waals surface area contributed by atoms with Crippen molar-refractivity contribution in [1.29, 1.82) is 0 Å². The largest absolute Gasteiger partial charge is 0.454 e. The molecule has 9 heteroatoms. The van der Waals surface area contributed by atoms with Crippen molar-refractivity contribution in [1.82, 2.24) is 15.3 Å². The highest BCUT2D eigenvalue weighted by molar-refractivity contribution is 6.31. The molecule has 1 atom stereocenters. The zero-order chi connectivity index (χ0) is 17.3. The molecule has 2 bridgehead atoms. The van der Waals surface area contributed by atoms with Crippen molar-refractivity contribution in [2.24, 2.45) is 11.6 Å². The average molecular weight is 347 g/mol. The number of hydrazine groups is 1. The molecule has 124 valence electrons. The molecule has 24 heavy (non-hydrogen) atoms. The van der Waals surface area contributed by atoms with Gasteiger partial charge in [0.15, 0.2) is 6.23 Å². The Morgan fingerprint density at radius 3 is 2.92 bits per heavy atom. The number of carbonyl (C=O) groups is 1. The Morgan fingerprint density at radius 2 is 2.12 bits per heavy atom. The zero-order valence-electron chi connectivity index (χ0n) is 12.7. The lowest BCUT2D eigenvalue weighted by atomic mass is 10.1. The Balaban J connectivity index is 2.20. The molecule has 0 radical (unpaired) electrons. The van der Waals surface area contributed by atoms with E-state index in [1.807, 2.05) is 0 Å². The Hall–Kier alpha value is -2.84. The van der Waals surface area contributed by atoms with Crippen LogP contribution in [0.15, 0.2) is 42.5 Å². The lowest BCUT2D eigenvalue weighted by molar-refractivity contribution is -0.119.